The molecule has 6 heteroatoms. The van der Waals surface area contributed by atoms with E-state index in [0.29, 0.717) is 12.5 Å². The van der Waals surface area contributed by atoms with Crippen LogP contribution in [-0.2, 0) is 11.3 Å². The third-order valence-electron chi connectivity index (χ3n) is 3.73. The maximum atomic E-state index is 11.7. The summed E-state index contributed by atoms with van der Waals surface area (Å²) in [5.74, 6) is 0.472. The zero-order valence-corrected chi connectivity index (χ0v) is 15.7. The van der Waals surface area contributed by atoms with Crippen LogP contribution in [0.1, 0.15) is 39.2 Å². The predicted octanol–water partition coefficient (Wildman–Crippen LogP) is 3.58. The lowest BCUT2D eigenvalue weighted by Crippen LogP contribution is -2.41. The average Bonchev–Trinajstić information content (AvgIpc) is 2.46. The number of rotatable bonds is 4. The highest BCUT2D eigenvalue weighted by molar-refractivity contribution is 9.10. The van der Waals surface area contributed by atoms with E-state index in [1.807, 2.05) is 33.0 Å². The molecule has 1 aromatic heterocycles. The van der Waals surface area contributed by atoms with E-state index in [0.717, 1.165) is 37.1 Å². The second-order valence-corrected chi connectivity index (χ2v) is 7.93. The van der Waals surface area contributed by atoms with E-state index < -0.39 is 5.60 Å². The number of hydrogen-bond donors (Lipinski definition) is 1. The first-order valence-electron chi connectivity index (χ1n) is 8.11. The molecular formula is C17H26BrN3O2. The van der Waals surface area contributed by atoms with Crippen LogP contribution in [0.4, 0.5) is 4.79 Å². The summed E-state index contributed by atoms with van der Waals surface area (Å²) < 4.78 is 6.15. The summed E-state index contributed by atoms with van der Waals surface area (Å²) in [5, 5.41) is 2.89. The fourth-order valence-corrected chi connectivity index (χ4v) is 3.00. The largest absolute Gasteiger partial charge is 0.444 e. The predicted molar refractivity (Wildman–Crippen MR) is 94.2 cm³/mol. The Morgan fingerprint density at radius 3 is 2.91 bits per heavy atom. The number of amides is 1. The van der Waals surface area contributed by atoms with Crippen molar-refractivity contribution in [2.75, 3.05) is 19.6 Å². The lowest BCUT2D eigenvalue weighted by molar-refractivity contribution is 0.0506. The van der Waals surface area contributed by atoms with E-state index in [1.165, 1.54) is 5.56 Å². The van der Waals surface area contributed by atoms with Crippen LogP contribution in [0.15, 0.2) is 22.9 Å². The van der Waals surface area contributed by atoms with Gasteiger partial charge in [0.05, 0.1) is 0 Å². The molecule has 23 heavy (non-hydrogen) atoms. The van der Waals surface area contributed by atoms with Gasteiger partial charge in [0, 0.05) is 25.8 Å². The lowest BCUT2D eigenvalue weighted by Gasteiger charge is -2.33. The average molecular weight is 384 g/mol. The van der Waals surface area contributed by atoms with Gasteiger partial charge in [0.2, 0.25) is 0 Å². The second-order valence-electron chi connectivity index (χ2n) is 7.12. The Balaban J connectivity index is 1.77. The zero-order valence-electron chi connectivity index (χ0n) is 14.1. The van der Waals surface area contributed by atoms with Crippen molar-refractivity contribution in [1.29, 1.82) is 0 Å². The summed E-state index contributed by atoms with van der Waals surface area (Å²) in [6.45, 7) is 9.29. The van der Waals surface area contributed by atoms with E-state index in [1.54, 1.807) is 0 Å². The number of piperidine rings is 1. The molecule has 0 saturated carbocycles. The topological polar surface area (TPSA) is 54.5 Å². The summed E-state index contributed by atoms with van der Waals surface area (Å²) in [6, 6.07) is 4.07. The second kappa shape index (κ2) is 8.11. The van der Waals surface area contributed by atoms with Crippen LogP contribution in [0.5, 0.6) is 0 Å². The number of nitrogens with one attached hydrogen (secondary N) is 1. The van der Waals surface area contributed by atoms with Gasteiger partial charge in [0.15, 0.2) is 0 Å². The molecule has 1 aliphatic heterocycles. The Labute approximate surface area is 146 Å². The van der Waals surface area contributed by atoms with Crippen LogP contribution in [0.2, 0.25) is 0 Å². The lowest BCUT2D eigenvalue weighted by atomic mass is 9.97. The number of nitrogens with zero attached hydrogens (tertiary/aromatic N) is 2. The van der Waals surface area contributed by atoms with Crippen molar-refractivity contribution in [3.05, 3.63) is 28.5 Å². The van der Waals surface area contributed by atoms with Gasteiger partial charge in [0.25, 0.3) is 0 Å². The third-order valence-corrected chi connectivity index (χ3v) is 4.20. The summed E-state index contributed by atoms with van der Waals surface area (Å²) in [4.78, 5) is 18.4. The molecule has 0 aliphatic carbocycles. The smallest absolute Gasteiger partial charge is 0.407 e. The van der Waals surface area contributed by atoms with E-state index in [9.17, 15) is 4.79 Å². The van der Waals surface area contributed by atoms with Crippen molar-refractivity contribution in [3.63, 3.8) is 0 Å². The van der Waals surface area contributed by atoms with Gasteiger partial charge in [-0.3, -0.25) is 4.90 Å². The maximum Gasteiger partial charge on any atom is 0.407 e. The first-order chi connectivity index (χ1) is 10.8. The van der Waals surface area contributed by atoms with Gasteiger partial charge < -0.3 is 10.1 Å². The minimum Gasteiger partial charge on any atom is -0.444 e. The Bertz CT molecular complexity index is 514. The zero-order chi connectivity index (χ0) is 16.9. The molecule has 5 nitrogen and oxygen atoms in total. The Hall–Kier alpha value is -1.14. The van der Waals surface area contributed by atoms with Crippen molar-refractivity contribution >= 4 is 22.0 Å². The molecule has 2 rings (SSSR count). The number of likely N-dealkylation sites (tertiary alicyclic amines) is 1. The van der Waals surface area contributed by atoms with Crippen LogP contribution < -0.4 is 5.32 Å². The SMILES string of the molecule is CC(C)(C)OC(=O)NC[C@@H]1CCCN(Cc2ccc(Br)nc2)C1. The summed E-state index contributed by atoms with van der Waals surface area (Å²) >= 11 is 3.36. The van der Waals surface area contributed by atoms with Crippen LogP contribution in [-0.4, -0.2) is 41.2 Å². The van der Waals surface area contributed by atoms with Crippen molar-refractivity contribution in [2.24, 2.45) is 5.92 Å². The highest BCUT2D eigenvalue weighted by Crippen LogP contribution is 2.18. The summed E-state index contributed by atoms with van der Waals surface area (Å²) in [7, 11) is 0. The summed E-state index contributed by atoms with van der Waals surface area (Å²) in [6.07, 6.45) is 3.88. The van der Waals surface area contributed by atoms with Crippen molar-refractivity contribution in [3.8, 4) is 0 Å². The molecule has 1 aromatic rings. The number of halogens is 1. The molecule has 1 amide bonds. The molecule has 2 heterocycles. The van der Waals surface area contributed by atoms with E-state index >= 15 is 0 Å². The van der Waals surface area contributed by atoms with Crippen LogP contribution >= 0.6 is 15.9 Å². The molecule has 1 fully saturated rings. The fourth-order valence-electron chi connectivity index (χ4n) is 2.76. The van der Waals surface area contributed by atoms with Crippen molar-refractivity contribution < 1.29 is 9.53 Å². The van der Waals surface area contributed by atoms with Gasteiger partial charge in [-0.1, -0.05) is 6.07 Å². The van der Waals surface area contributed by atoms with E-state index in [4.69, 9.17) is 4.74 Å². The Kier molecular flexibility index (Phi) is 6.41. The quantitative estimate of drug-likeness (QED) is 0.807. The number of carbonyl (C=O) groups excluding carboxylic acids is 1. The number of ether oxygens (including phenoxy) is 1. The molecule has 0 spiro atoms. The van der Waals surface area contributed by atoms with Crippen LogP contribution in [0, 0.1) is 5.92 Å². The van der Waals surface area contributed by atoms with E-state index in [2.05, 4.69) is 37.2 Å². The Morgan fingerprint density at radius 2 is 2.26 bits per heavy atom. The Morgan fingerprint density at radius 1 is 1.48 bits per heavy atom. The minimum absolute atomic E-state index is 0.327. The molecule has 128 valence electrons. The van der Waals surface area contributed by atoms with Gasteiger partial charge in [-0.05, 0) is 73.6 Å². The molecule has 0 unspecified atom stereocenters. The highest BCUT2D eigenvalue weighted by atomic mass is 79.9. The number of alkyl carbamates (subject to hydrolysis) is 1. The minimum atomic E-state index is -0.447. The molecule has 1 aliphatic rings. The molecule has 0 radical (unpaired) electrons. The molecule has 1 atom stereocenters. The van der Waals surface area contributed by atoms with Gasteiger partial charge in [0.1, 0.15) is 10.2 Å². The number of hydrogen-bond acceptors (Lipinski definition) is 4. The fraction of sp³-hybridized carbons (Fsp3) is 0.647. The van der Waals surface area contributed by atoms with Crippen LogP contribution in [0.3, 0.4) is 0 Å². The normalized spacial score (nSPS) is 19.4. The van der Waals surface area contributed by atoms with Crippen molar-refractivity contribution in [1.82, 2.24) is 15.2 Å². The molecule has 1 saturated heterocycles. The molecule has 0 aromatic carbocycles. The van der Waals surface area contributed by atoms with Gasteiger partial charge in [-0.2, -0.15) is 0 Å². The maximum absolute atomic E-state index is 11.7. The van der Waals surface area contributed by atoms with Crippen LogP contribution in [0.25, 0.3) is 0 Å². The number of aromatic nitrogens is 1. The number of carbonyl (C=O) groups is 1. The highest BCUT2D eigenvalue weighted by Gasteiger charge is 2.22. The third kappa shape index (κ3) is 6.87. The van der Waals surface area contributed by atoms with Gasteiger partial charge in [-0.25, -0.2) is 9.78 Å². The van der Waals surface area contributed by atoms with Gasteiger partial charge in [-0.15, -0.1) is 0 Å². The standard InChI is InChI=1S/C17H26BrN3O2/c1-17(2,3)23-16(22)20-10-13-5-4-8-21(11-13)12-14-6-7-15(18)19-9-14/h6-7,9,13H,4-5,8,10-12H2,1-3H3,(H,20,22)/t13-/m0/s1. The summed E-state index contributed by atoms with van der Waals surface area (Å²) in [5.41, 5.74) is 0.769. The molecule has 0 bridgehead atoms. The first-order valence-corrected chi connectivity index (χ1v) is 8.91. The van der Waals surface area contributed by atoms with Gasteiger partial charge >= 0.3 is 6.09 Å². The van der Waals surface area contributed by atoms with Crippen molar-refractivity contribution in [2.45, 2.75) is 45.8 Å². The molecule has 1 N–H and O–H groups in total. The monoisotopic (exact) mass is 383 g/mol. The van der Waals surface area contributed by atoms with E-state index in [-0.39, 0.29) is 6.09 Å². The molecular weight excluding hydrogens is 358 g/mol. The number of pyridine rings is 1. The first kappa shape index (κ1) is 18.2.